The van der Waals surface area contributed by atoms with Gasteiger partial charge in [0.15, 0.2) is 11.5 Å². The summed E-state index contributed by atoms with van der Waals surface area (Å²) in [4.78, 5) is 11.7. The Hall–Kier alpha value is -2.08. The van der Waals surface area contributed by atoms with E-state index in [-0.39, 0.29) is 12.3 Å². The van der Waals surface area contributed by atoms with Gasteiger partial charge in [0.2, 0.25) is 5.91 Å². The topological polar surface area (TPSA) is 80.2 Å². The van der Waals surface area contributed by atoms with Gasteiger partial charge in [-0.1, -0.05) is 26.2 Å². The number of amides is 1. The van der Waals surface area contributed by atoms with Crippen molar-refractivity contribution in [2.24, 2.45) is 5.10 Å². The third kappa shape index (κ3) is 7.46. The predicted octanol–water partition coefficient (Wildman–Crippen LogP) is 2.88. The van der Waals surface area contributed by atoms with Crippen molar-refractivity contribution < 1.29 is 19.4 Å². The zero-order valence-electron chi connectivity index (χ0n) is 14.7. The van der Waals surface area contributed by atoms with Gasteiger partial charge in [0.05, 0.1) is 26.5 Å². The molecule has 1 rings (SSSR count). The molecule has 1 aromatic rings. The van der Waals surface area contributed by atoms with Gasteiger partial charge in [-0.2, -0.15) is 5.10 Å². The SMILES string of the molecule is CCCCC[C@@H](O)CCC(=O)N/N=C\c1ccc(OC)c(OC)c1. The molecule has 0 spiro atoms. The van der Waals surface area contributed by atoms with Crippen molar-refractivity contribution in [3.63, 3.8) is 0 Å². The Labute approximate surface area is 143 Å². The summed E-state index contributed by atoms with van der Waals surface area (Å²) < 4.78 is 10.4. The quantitative estimate of drug-likeness (QED) is 0.370. The van der Waals surface area contributed by atoms with Crippen LogP contribution in [0.25, 0.3) is 0 Å². The summed E-state index contributed by atoms with van der Waals surface area (Å²) >= 11 is 0. The predicted molar refractivity (Wildman–Crippen MR) is 94.7 cm³/mol. The number of hydrogen-bond acceptors (Lipinski definition) is 5. The highest BCUT2D eigenvalue weighted by atomic mass is 16.5. The molecule has 134 valence electrons. The monoisotopic (exact) mass is 336 g/mol. The highest BCUT2D eigenvalue weighted by Gasteiger charge is 2.07. The molecule has 0 aromatic heterocycles. The van der Waals surface area contributed by atoms with Crippen molar-refractivity contribution in [3.8, 4) is 11.5 Å². The summed E-state index contributed by atoms with van der Waals surface area (Å²) in [5.41, 5.74) is 3.25. The van der Waals surface area contributed by atoms with Crippen LogP contribution in [0.15, 0.2) is 23.3 Å². The minimum absolute atomic E-state index is 0.207. The lowest BCUT2D eigenvalue weighted by molar-refractivity contribution is -0.121. The van der Waals surface area contributed by atoms with Gasteiger partial charge in [-0.3, -0.25) is 4.79 Å². The van der Waals surface area contributed by atoms with E-state index in [0.29, 0.717) is 17.9 Å². The number of hydrazone groups is 1. The largest absolute Gasteiger partial charge is 0.493 e. The molecule has 0 unspecified atom stereocenters. The van der Waals surface area contributed by atoms with Crippen LogP contribution in [0.1, 0.15) is 51.0 Å². The molecule has 0 heterocycles. The van der Waals surface area contributed by atoms with Crippen LogP contribution in [0.3, 0.4) is 0 Å². The maximum Gasteiger partial charge on any atom is 0.240 e. The molecule has 2 N–H and O–H groups in total. The summed E-state index contributed by atoms with van der Waals surface area (Å²) in [5.74, 6) is 1.03. The summed E-state index contributed by atoms with van der Waals surface area (Å²) in [6.45, 7) is 2.12. The van der Waals surface area contributed by atoms with Crippen molar-refractivity contribution in [1.29, 1.82) is 0 Å². The van der Waals surface area contributed by atoms with E-state index in [9.17, 15) is 9.90 Å². The first-order valence-electron chi connectivity index (χ1n) is 8.32. The van der Waals surface area contributed by atoms with Crippen LogP contribution in [0, 0.1) is 0 Å². The fraction of sp³-hybridized carbons (Fsp3) is 0.556. The molecule has 0 bridgehead atoms. The van der Waals surface area contributed by atoms with Gasteiger partial charge in [-0.15, -0.1) is 0 Å². The average Bonchev–Trinajstić information content (AvgIpc) is 2.60. The lowest BCUT2D eigenvalue weighted by Crippen LogP contribution is -2.19. The normalized spacial score (nSPS) is 12.2. The number of nitrogens with one attached hydrogen (secondary N) is 1. The third-order valence-electron chi connectivity index (χ3n) is 3.66. The first-order chi connectivity index (χ1) is 11.6. The zero-order valence-corrected chi connectivity index (χ0v) is 14.7. The highest BCUT2D eigenvalue weighted by molar-refractivity contribution is 5.83. The van der Waals surface area contributed by atoms with Gasteiger partial charge in [0, 0.05) is 6.42 Å². The first kappa shape index (κ1) is 20.0. The molecule has 0 aliphatic carbocycles. The Kier molecular flexibility index (Phi) is 9.53. The molecule has 0 aliphatic heterocycles. The lowest BCUT2D eigenvalue weighted by atomic mass is 10.1. The molecule has 0 aliphatic rings. The Morgan fingerprint density at radius 2 is 2.00 bits per heavy atom. The number of carbonyl (C=O) groups excluding carboxylic acids is 1. The van der Waals surface area contributed by atoms with Gasteiger partial charge in [0.1, 0.15) is 0 Å². The van der Waals surface area contributed by atoms with Gasteiger partial charge >= 0.3 is 0 Å². The van der Waals surface area contributed by atoms with E-state index in [0.717, 1.165) is 31.2 Å². The standard InChI is InChI=1S/C18H28N2O4/c1-4-5-6-7-15(21)9-11-18(22)20-19-13-14-8-10-16(23-2)17(12-14)24-3/h8,10,12-13,15,21H,4-7,9,11H2,1-3H3,(H,20,22)/b19-13-/t15-/m1/s1. The van der Waals surface area contributed by atoms with E-state index in [2.05, 4.69) is 17.5 Å². The molecule has 1 atom stereocenters. The Bertz CT molecular complexity index is 532. The van der Waals surface area contributed by atoms with E-state index in [1.165, 1.54) is 6.21 Å². The third-order valence-corrected chi connectivity index (χ3v) is 3.66. The van der Waals surface area contributed by atoms with Crippen molar-refractivity contribution in [2.75, 3.05) is 14.2 Å². The van der Waals surface area contributed by atoms with E-state index in [1.54, 1.807) is 26.4 Å². The Morgan fingerprint density at radius 3 is 2.67 bits per heavy atom. The van der Waals surface area contributed by atoms with Crippen LogP contribution in [-0.2, 0) is 4.79 Å². The number of methoxy groups -OCH3 is 2. The molecule has 24 heavy (non-hydrogen) atoms. The van der Waals surface area contributed by atoms with E-state index < -0.39 is 6.10 Å². The molecule has 1 amide bonds. The zero-order chi connectivity index (χ0) is 17.8. The second kappa shape index (κ2) is 11.5. The molecule has 1 aromatic carbocycles. The summed E-state index contributed by atoms with van der Waals surface area (Å²) in [5, 5.41) is 13.7. The number of aliphatic hydroxyl groups is 1. The van der Waals surface area contributed by atoms with Gasteiger partial charge in [-0.05, 0) is 36.6 Å². The number of benzene rings is 1. The molecule has 0 saturated heterocycles. The Morgan fingerprint density at radius 1 is 1.25 bits per heavy atom. The van der Waals surface area contributed by atoms with Crippen LogP contribution < -0.4 is 14.9 Å². The molecule has 6 heteroatoms. The van der Waals surface area contributed by atoms with Crippen LogP contribution in [0.4, 0.5) is 0 Å². The highest BCUT2D eigenvalue weighted by Crippen LogP contribution is 2.26. The van der Waals surface area contributed by atoms with E-state index in [1.807, 2.05) is 6.07 Å². The van der Waals surface area contributed by atoms with Gasteiger partial charge in [0.25, 0.3) is 0 Å². The maximum atomic E-state index is 11.7. The second-order valence-corrected chi connectivity index (χ2v) is 5.60. The smallest absolute Gasteiger partial charge is 0.240 e. The van der Waals surface area contributed by atoms with E-state index in [4.69, 9.17) is 9.47 Å². The Balaban J connectivity index is 2.37. The minimum atomic E-state index is -0.419. The molecule has 0 radical (unpaired) electrons. The van der Waals surface area contributed by atoms with Crippen molar-refractivity contribution >= 4 is 12.1 Å². The van der Waals surface area contributed by atoms with E-state index >= 15 is 0 Å². The second-order valence-electron chi connectivity index (χ2n) is 5.60. The van der Waals surface area contributed by atoms with Crippen molar-refractivity contribution in [1.82, 2.24) is 5.43 Å². The number of carbonyl (C=O) groups is 1. The fourth-order valence-corrected chi connectivity index (χ4v) is 2.24. The maximum absolute atomic E-state index is 11.7. The van der Waals surface area contributed by atoms with Crippen molar-refractivity contribution in [3.05, 3.63) is 23.8 Å². The molecule has 0 saturated carbocycles. The molecule has 0 fully saturated rings. The first-order valence-corrected chi connectivity index (χ1v) is 8.32. The van der Waals surface area contributed by atoms with Crippen molar-refractivity contribution in [2.45, 2.75) is 51.6 Å². The number of hydrogen-bond donors (Lipinski definition) is 2. The summed E-state index contributed by atoms with van der Waals surface area (Å²) in [7, 11) is 3.13. The minimum Gasteiger partial charge on any atom is -0.493 e. The van der Waals surface area contributed by atoms with Gasteiger partial charge < -0.3 is 14.6 Å². The van der Waals surface area contributed by atoms with Crippen LogP contribution >= 0.6 is 0 Å². The summed E-state index contributed by atoms with van der Waals surface area (Å²) in [6, 6.07) is 5.36. The van der Waals surface area contributed by atoms with Crippen LogP contribution in [0.5, 0.6) is 11.5 Å². The number of unbranched alkanes of at least 4 members (excludes halogenated alkanes) is 2. The van der Waals surface area contributed by atoms with Crippen LogP contribution in [-0.4, -0.2) is 37.6 Å². The number of nitrogens with zero attached hydrogens (tertiary/aromatic N) is 1. The summed E-state index contributed by atoms with van der Waals surface area (Å²) in [6.07, 6.45) is 5.82. The average molecular weight is 336 g/mol. The number of rotatable bonds is 11. The number of aliphatic hydroxyl groups excluding tert-OH is 1. The number of ether oxygens (including phenoxy) is 2. The molecule has 6 nitrogen and oxygen atoms in total. The lowest BCUT2D eigenvalue weighted by Gasteiger charge is -2.09. The molecular formula is C18H28N2O4. The van der Waals surface area contributed by atoms with Crippen LogP contribution in [0.2, 0.25) is 0 Å². The fourth-order valence-electron chi connectivity index (χ4n) is 2.24. The van der Waals surface area contributed by atoms with Gasteiger partial charge in [-0.25, -0.2) is 5.43 Å². The molecular weight excluding hydrogens is 308 g/mol.